The van der Waals surface area contributed by atoms with E-state index in [9.17, 15) is 49.5 Å². The first kappa shape index (κ1) is 126. The van der Waals surface area contributed by atoms with Crippen LogP contribution in [0.5, 0.6) is 28.7 Å². The third kappa shape index (κ3) is 45.3. The van der Waals surface area contributed by atoms with E-state index in [0.717, 1.165) is 133 Å². The van der Waals surface area contributed by atoms with Crippen molar-refractivity contribution in [3.63, 3.8) is 0 Å². The first-order chi connectivity index (χ1) is 63.6. The van der Waals surface area contributed by atoms with Crippen LogP contribution in [-0.2, 0) is 40.4 Å². The maximum absolute atomic E-state index is 13.8. The smallest absolute Gasteiger partial charge is 0.446 e. The zero-order chi connectivity index (χ0) is 98.8. The summed E-state index contributed by atoms with van der Waals surface area (Å²) >= 11 is 10.2. The summed E-state index contributed by atoms with van der Waals surface area (Å²) in [4.78, 5) is 52.9. The van der Waals surface area contributed by atoms with Crippen LogP contribution >= 0.6 is 47.8 Å². The number of aldehydes is 2. The molecule has 2 amide bonds. The van der Waals surface area contributed by atoms with Gasteiger partial charge in [-0.1, -0.05) is 122 Å². The van der Waals surface area contributed by atoms with E-state index in [2.05, 4.69) is 98.7 Å². The minimum Gasteiger partial charge on any atom is -0.496 e. The number of nitrogens with two attached hydrogens (primary N) is 1. The highest BCUT2D eigenvalue weighted by molar-refractivity contribution is 9.11. The third-order valence-electron chi connectivity index (χ3n) is 21.1. The van der Waals surface area contributed by atoms with Gasteiger partial charge in [-0.15, -0.1) is 0 Å². The standard InChI is InChI=1S/C25H33FN2O3.C21H25BrFNO3.C20H25FN2O.C16H17BrFNO.C8H7BrO2.C8H10FN.C4H9N.C2HF3O.5CH4/c1-18(20-9-8-10-21(26)16-20)28(24(29)31-25(2,3)4)17-19-11-12-23(30-5)22(15-19)27-13-6-7-14-27;1-14(16-7-6-8-17(23)12-16)24(20(25)27-21(2,3)4)13-15-9-10-19(26-5)18(22)11-15;1-15(17-6-5-7-18(21)13-17)22-14-16-8-9-20(24-2)19(12-16)23-10-3-4-11-23;1-11(13-4-3-5-14(18)9-13)19-10-12-6-7-16(20-2)15(17)8-12;1-11-8-3-2-6(5-10)4-7(8)9;1-6(10)7-3-2-4-8(9)5-7;1-2-4-5-3-1;3-2(4,5)1-6;;;;;/h8-12,15-16,18H,6-7,13-14,17H2,1-5H3;6-12,14H,13H2,1-5H3;5-9,12-13,15,22H,3-4,10-11,14H2,1-2H3;3-9,11,19H,10H2,1-2H3;2-5H,1H3;2-6H,10H2,1H3;5H,1-4H2;1H;5*1H4/t18-;14-;15-;11-;;6-;;;;;;;/m1111.1......./s1. The highest BCUT2D eigenvalue weighted by Gasteiger charge is 2.31. The van der Waals surface area contributed by atoms with Gasteiger partial charge in [0.2, 0.25) is 6.29 Å². The quantitative estimate of drug-likeness (QED) is 0.0310. The Hall–Kier alpha value is -10.6. The van der Waals surface area contributed by atoms with Crippen LogP contribution in [0, 0.1) is 29.1 Å². The molecule has 0 bridgehead atoms. The van der Waals surface area contributed by atoms with Crippen LogP contribution in [0.15, 0.2) is 226 Å². The number of hydrogen-bond acceptors (Lipinski definition) is 17. The van der Waals surface area contributed by atoms with Crippen LogP contribution in [0.25, 0.3) is 0 Å². The number of nitrogens with one attached hydrogen (secondary N) is 3. The first-order valence-corrected chi connectivity index (χ1v) is 46.5. The molecule has 10 aromatic rings. The van der Waals surface area contributed by atoms with Gasteiger partial charge in [-0.25, -0.2) is 31.5 Å². The molecule has 139 heavy (non-hydrogen) atoms. The van der Waals surface area contributed by atoms with Crippen LogP contribution in [0.4, 0.5) is 56.1 Å². The summed E-state index contributed by atoms with van der Waals surface area (Å²) in [6.07, 6.45) is 1.79. The molecule has 0 aromatic heterocycles. The molecule has 3 fully saturated rings. The van der Waals surface area contributed by atoms with Gasteiger partial charge in [0.15, 0.2) is 0 Å². The molecule has 3 heterocycles. The van der Waals surface area contributed by atoms with Crippen LogP contribution < -0.4 is 55.2 Å². The van der Waals surface area contributed by atoms with Crippen molar-refractivity contribution in [1.29, 1.82) is 0 Å². The molecule has 19 nitrogen and oxygen atoms in total. The molecule has 0 aliphatic carbocycles. The van der Waals surface area contributed by atoms with Crippen molar-refractivity contribution < 1.29 is 87.5 Å². The average Bonchev–Trinajstić information content (AvgIpc) is 1.80. The summed E-state index contributed by atoms with van der Waals surface area (Å²) in [6, 6.07) is 60.8. The molecule has 0 unspecified atom stereocenters. The second kappa shape index (κ2) is 64.0. The fourth-order valence-electron chi connectivity index (χ4n) is 13.9. The first-order valence-electron chi connectivity index (χ1n) is 44.1. The lowest BCUT2D eigenvalue weighted by Gasteiger charge is -2.32. The molecule has 766 valence electrons. The monoisotopic (exact) mass is 2130 g/mol. The van der Waals surface area contributed by atoms with Crippen LogP contribution in [0.1, 0.15) is 242 Å². The number of methoxy groups -OCH3 is 5. The Bertz CT molecular complexity index is 5280. The number of hydrogen-bond donors (Lipinski definition) is 4. The van der Waals surface area contributed by atoms with Gasteiger partial charge in [0.1, 0.15) is 75.3 Å². The highest BCUT2D eigenvalue weighted by Crippen LogP contribution is 2.37. The number of carbonyl (C=O) groups excluding carboxylic acids is 4. The molecule has 5 N–H and O–H groups in total. The summed E-state index contributed by atoms with van der Waals surface area (Å²) in [7, 11) is 8.22. The molecule has 3 saturated heterocycles. The molecule has 0 saturated carbocycles. The minimum absolute atomic E-state index is 0. The van der Waals surface area contributed by atoms with Crippen LogP contribution in [0.2, 0.25) is 0 Å². The summed E-state index contributed by atoms with van der Waals surface area (Å²) in [5, 5.41) is 10.1. The van der Waals surface area contributed by atoms with Crippen molar-refractivity contribution in [2.75, 3.05) is 84.6 Å². The zero-order valence-corrected chi connectivity index (χ0v) is 83.8. The summed E-state index contributed by atoms with van der Waals surface area (Å²) < 4.78 is 138. The van der Waals surface area contributed by atoms with Crippen molar-refractivity contribution in [3.8, 4) is 28.7 Å². The Kier molecular flexibility index (Phi) is 58.2. The van der Waals surface area contributed by atoms with E-state index < -0.39 is 35.9 Å². The maximum Gasteiger partial charge on any atom is 0.446 e. The van der Waals surface area contributed by atoms with Gasteiger partial charge < -0.3 is 64.6 Å². The number of nitrogens with zero attached hydrogens (tertiary/aromatic N) is 4. The van der Waals surface area contributed by atoms with Crippen molar-refractivity contribution in [2.24, 2.45) is 5.73 Å². The Morgan fingerprint density at radius 1 is 0.410 bits per heavy atom. The number of alkyl halides is 3. The second-order valence-electron chi connectivity index (χ2n) is 33.8. The van der Waals surface area contributed by atoms with E-state index in [4.69, 9.17) is 43.7 Å². The lowest BCUT2D eigenvalue weighted by atomic mass is 10.1. The Morgan fingerprint density at radius 3 is 0.993 bits per heavy atom. The minimum atomic E-state index is -4.64. The zero-order valence-electron chi connectivity index (χ0n) is 79.1. The van der Waals surface area contributed by atoms with E-state index >= 15 is 0 Å². The summed E-state index contributed by atoms with van der Waals surface area (Å²) in [5.41, 5.74) is 15.5. The van der Waals surface area contributed by atoms with Gasteiger partial charge in [-0.2, -0.15) is 13.2 Å². The van der Waals surface area contributed by atoms with Crippen molar-refractivity contribution >= 4 is 83.9 Å². The molecule has 30 heteroatoms. The predicted octanol–water partition coefficient (Wildman–Crippen LogP) is 29.2. The number of rotatable bonds is 25. The van der Waals surface area contributed by atoms with Gasteiger partial charge in [0.25, 0.3) is 0 Å². The Labute approximate surface area is 846 Å². The molecular formula is C109H147Br3F8N8O11. The molecule has 3 aliphatic rings. The van der Waals surface area contributed by atoms with Gasteiger partial charge >= 0.3 is 18.4 Å². The molecule has 13 rings (SSSR count). The fourth-order valence-corrected chi connectivity index (χ4v) is 15.6. The SMILES string of the molecule is C.C.C.C.C.C1CCNC1.COc1ccc(C=O)cc1Br.COc1ccc(CN(C(=O)OC(C)(C)C)[C@H](C)c2cccc(F)c2)cc1Br.COc1ccc(CN(C(=O)OC(C)(C)C)[C@H](C)c2cccc(F)c2)cc1N1CCCC1.COc1ccc(CN[C@H](C)c2cccc(F)c2)cc1Br.COc1ccc(CN[C@H](C)c2cccc(F)c2)cc1N1CCCC1.C[C@@H](N)c1cccc(F)c1.O=CC(F)(F)F. The van der Waals surface area contributed by atoms with Gasteiger partial charge in [0, 0.05) is 76.0 Å². The highest BCUT2D eigenvalue weighted by atomic mass is 79.9. The summed E-state index contributed by atoms with van der Waals surface area (Å²) in [5.74, 6) is 2.72. The molecule has 10 aromatic carbocycles. The second-order valence-corrected chi connectivity index (χ2v) is 36.4. The van der Waals surface area contributed by atoms with E-state index in [0.29, 0.717) is 36.5 Å². The average molecular weight is 2140 g/mol. The number of anilines is 2. The molecule has 3 aliphatic heterocycles. The lowest BCUT2D eigenvalue weighted by Crippen LogP contribution is -2.38. The number of halogens is 11. The maximum atomic E-state index is 13.8. The van der Waals surface area contributed by atoms with Crippen molar-refractivity contribution in [1.82, 2.24) is 25.8 Å². The number of carbonyl (C=O) groups is 4. The topological polar surface area (TPSA) is 208 Å². The summed E-state index contributed by atoms with van der Waals surface area (Å²) in [6.45, 7) is 29.4. The molecule has 5 atom stereocenters. The normalized spacial score (nSPS) is 13.2. The Morgan fingerprint density at radius 2 is 0.698 bits per heavy atom. The van der Waals surface area contributed by atoms with Crippen molar-refractivity contribution in [3.05, 3.63) is 310 Å². The number of amides is 2. The lowest BCUT2D eigenvalue weighted by molar-refractivity contribution is -0.156. The van der Waals surface area contributed by atoms with E-state index in [-0.39, 0.29) is 96.4 Å². The largest absolute Gasteiger partial charge is 0.496 e. The van der Waals surface area contributed by atoms with Crippen LogP contribution in [-0.4, -0.2) is 127 Å². The van der Waals surface area contributed by atoms with Gasteiger partial charge in [-0.3, -0.25) is 19.4 Å². The van der Waals surface area contributed by atoms with Crippen LogP contribution in [0.3, 0.4) is 0 Å². The Balaban J connectivity index is 0.000000832. The molecular weight excluding hydrogens is 1990 g/mol. The third-order valence-corrected chi connectivity index (χ3v) is 22.9. The van der Waals surface area contributed by atoms with Gasteiger partial charge in [-0.05, 0) is 353 Å². The van der Waals surface area contributed by atoms with Crippen molar-refractivity contribution in [2.45, 2.75) is 226 Å². The fraction of sp³-hybridized carbons (Fsp3) is 0.413. The number of ether oxygens (including phenoxy) is 7. The van der Waals surface area contributed by atoms with E-state index in [1.165, 1.54) is 98.6 Å². The predicted molar refractivity (Wildman–Crippen MR) is 560 cm³/mol. The number of benzene rings is 10. The molecule has 0 radical (unpaired) electrons. The van der Waals surface area contributed by atoms with E-state index in [1.54, 1.807) is 112 Å². The van der Waals surface area contributed by atoms with Gasteiger partial charge in [0.05, 0.1) is 72.4 Å². The van der Waals surface area contributed by atoms with E-state index in [1.807, 2.05) is 148 Å². The molecule has 0 spiro atoms.